The number of fused-ring (bicyclic) bond motifs is 1. The second-order valence-electron chi connectivity index (χ2n) is 6.90. The Labute approximate surface area is 159 Å². The third kappa shape index (κ3) is 3.40. The summed E-state index contributed by atoms with van der Waals surface area (Å²) in [6.45, 7) is 1.63. The van der Waals surface area contributed by atoms with E-state index in [2.05, 4.69) is 5.32 Å². The SMILES string of the molecule is COc1cc2ccccc2cc1C(=O)OC1(c2ccccc2)CCNCC1. The molecule has 3 aromatic carbocycles. The molecular weight excluding hydrogens is 338 g/mol. The molecule has 4 nitrogen and oxygen atoms in total. The molecule has 1 N–H and O–H groups in total. The van der Waals surface area contributed by atoms with Gasteiger partial charge in [-0.15, -0.1) is 0 Å². The maximum Gasteiger partial charge on any atom is 0.342 e. The summed E-state index contributed by atoms with van der Waals surface area (Å²) in [5, 5.41) is 5.38. The van der Waals surface area contributed by atoms with Gasteiger partial charge in [-0.1, -0.05) is 54.6 Å². The summed E-state index contributed by atoms with van der Waals surface area (Å²) < 4.78 is 11.7. The predicted octanol–water partition coefficient (Wildman–Crippen LogP) is 4.28. The van der Waals surface area contributed by atoms with Crippen molar-refractivity contribution >= 4 is 16.7 Å². The van der Waals surface area contributed by atoms with Crippen molar-refractivity contribution in [3.05, 3.63) is 77.9 Å². The smallest absolute Gasteiger partial charge is 0.342 e. The fourth-order valence-electron chi connectivity index (χ4n) is 3.80. The Morgan fingerprint density at radius 1 is 0.926 bits per heavy atom. The van der Waals surface area contributed by atoms with E-state index in [4.69, 9.17) is 9.47 Å². The Kier molecular flexibility index (Phi) is 4.82. The number of methoxy groups -OCH3 is 1. The minimum Gasteiger partial charge on any atom is -0.496 e. The molecule has 0 radical (unpaired) electrons. The van der Waals surface area contributed by atoms with Gasteiger partial charge in [-0.25, -0.2) is 4.79 Å². The Morgan fingerprint density at radius 2 is 1.56 bits per heavy atom. The van der Waals surface area contributed by atoms with Crippen molar-refractivity contribution in [3.63, 3.8) is 0 Å². The van der Waals surface area contributed by atoms with Crippen LogP contribution in [0.2, 0.25) is 0 Å². The van der Waals surface area contributed by atoms with E-state index in [0.29, 0.717) is 11.3 Å². The van der Waals surface area contributed by atoms with E-state index in [1.165, 1.54) is 0 Å². The summed E-state index contributed by atoms with van der Waals surface area (Å²) in [5.74, 6) is 0.194. The minimum absolute atomic E-state index is 0.344. The van der Waals surface area contributed by atoms with Crippen molar-refractivity contribution in [2.75, 3.05) is 20.2 Å². The number of ether oxygens (including phenoxy) is 2. The monoisotopic (exact) mass is 361 g/mol. The quantitative estimate of drug-likeness (QED) is 0.705. The molecule has 0 bridgehead atoms. The zero-order valence-corrected chi connectivity index (χ0v) is 15.4. The number of rotatable bonds is 4. The van der Waals surface area contributed by atoms with E-state index in [1.807, 2.05) is 66.7 Å². The van der Waals surface area contributed by atoms with E-state index in [9.17, 15) is 4.79 Å². The van der Waals surface area contributed by atoms with Gasteiger partial charge >= 0.3 is 5.97 Å². The van der Waals surface area contributed by atoms with E-state index >= 15 is 0 Å². The lowest BCUT2D eigenvalue weighted by atomic mass is 9.84. The van der Waals surface area contributed by atoms with Crippen LogP contribution in [0.5, 0.6) is 5.75 Å². The maximum atomic E-state index is 13.2. The van der Waals surface area contributed by atoms with Crippen LogP contribution in [0, 0.1) is 0 Å². The van der Waals surface area contributed by atoms with Crippen LogP contribution < -0.4 is 10.1 Å². The topological polar surface area (TPSA) is 47.6 Å². The Hall–Kier alpha value is -2.85. The van der Waals surface area contributed by atoms with Gasteiger partial charge in [0.15, 0.2) is 0 Å². The van der Waals surface area contributed by atoms with Gasteiger partial charge in [0.2, 0.25) is 0 Å². The minimum atomic E-state index is -0.611. The lowest BCUT2D eigenvalue weighted by molar-refractivity contribution is -0.0380. The first-order valence-electron chi connectivity index (χ1n) is 9.28. The van der Waals surface area contributed by atoms with Gasteiger partial charge in [-0.3, -0.25) is 0 Å². The highest BCUT2D eigenvalue weighted by Gasteiger charge is 2.38. The number of piperidine rings is 1. The van der Waals surface area contributed by atoms with E-state index in [0.717, 1.165) is 42.3 Å². The zero-order chi connectivity index (χ0) is 18.7. The van der Waals surface area contributed by atoms with Gasteiger partial charge in [0.25, 0.3) is 0 Å². The molecule has 1 aliphatic rings. The van der Waals surface area contributed by atoms with Crippen LogP contribution in [0.1, 0.15) is 28.8 Å². The summed E-state index contributed by atoms with van der Waals surface area (Å²) in [6.07, 6.45) is 1.50. The highest BCUT2D eigenvalue weighted by atomic mass is 16.6. The first-order valence-corrected chi connectivity index (χ1v) is 9.28. The van der Waals surface area contributed by atoms with Gasteiger partial charge in [0.05, 0.1) is 7.11 Å². The molecule has 4 rings (SSSR count). The standard InChI is InChI=1S/C23H23NO3/c1-26-21-16-18-8-6-5-7-17(18)15-20(21)22(25)27-23(11-13-24-14-12-23)19-9-3-2-4-10-19/h2-10,15-16,24H,11-14H2,1H3. The second-order valence-corrected chi connectivity index (χ2v) is 6.90. The number of nitrogens with one attached hydrogen (secondary N) is 1. The molecule has 1 aliphatic heterocycles. The van der Waals surface area contributed by atoms with E-state index in [1.54, 1.807) is 7.11 Å². The zero-order valence-electron chi connectivity index (χ0n) is 15.4. The van der Waals surface area contributed by atoms with E-state index < -0.39 is 5.60 Å². The summed E-state index contributed by atoms with van der Waals surface area (Å²) >= 11 is 0. The van der Waals surface area contributed by atoms with Crippen molar-refractivity contribution in [2.45, 2.75) is 18.4 Å². The molecule has 0 aliphatic carbocycles. The molecule has 0 spiro atoms. The number of carbonyl (C=O) groups excluding carboxylic acids is 1. The first-order chi connectivity index (χ1) is 13.2. The summed E-state index contributed by atoms with van der Waals surface area (Å²) in [6, 6.07) is 21.7. The molecule has 0 aromatic heterocycles. The molecule has 1 saturated heterocycles. The normalized spacial score (nSPS) is 16.0. The third-order valence-corrected chi connectivity index (χ3v) is 5.29. The molecule has 1 fully saturated rings. The lowest BCUT2D eigenvalue weighted by Gasteiger charge is -2.37. The van der Waals surface area contributed by atoms with Crippen LogP contribution in [-0.2, 0) is 10.3 Å². The average Bonchev–Trinajstić information content (AvgIpc) is 2.74. The van der Waals surface area contributed by atoms with Gasteiger partial charge in [0.1, 0.15) is 16.9 Å². The van der Waals surface area contributed by atoms with Gasteiger partial charge in [0, 0.05) is 12.8 Å². The number of hydrogen-bond donors (Lipinski definition) is 1. The maximum absolute atomic E-state index is 13.2. The highest BCUT2D eigenvalue weighted by molar-refractivity contribution is 5.99. The van der Waals surface area contributed by atoms with Crippen molar-refractivity contribution in [1.82, 2.24) is 5.32 Å². The van der Waals surface area contributed by atoms with Gasteiger partial charge in [-0.2, -0.15) is 0 Å². The largest absolute Gasteiger partial charge is 0.496 e. The van der Waals surface area contributed by atoms with Crippen LogP contribution >= 0.6 is 0 Å². The molecular formula is C23H23NO3. The average molecular weight is 361 g/mol. The molecule has 0 amide bonds. The lowest BCUT2D eigenvalue weighted by Crippen LogP contribution is -2.43. The van der Waals surface area contributed by atoms with Crippen molar-refractivity contribution in [3.8, 4) is 5.75 Å². The number of hydrogen-bond acceptors (Lipinski definition) is 4. The second kappa shape index (κ2) is 7.41. The van der Waals surface area contributed by atoms with Crippen molar-refractivity contribution < 1.29 is 14.3 Å². The summed E-state index contributed by atoms with van der Waals surface area (Å²) in [4.78, 5) is 13.2. The van der Waals surface area contributed by atoms with Crippen molar-refractivity contribution in [1.29, 1.82) is 0 Å². The van der Waals surface area contributed by atoms with Crippen LogP contribution in [0.25, 0.3) is 10.8 Å². The molecule has 0 unspecified atom stereocenters. The third-order valence-electron chi connectivity index (χ3n) is 5.29. The molecule has 3 aromatic rings. The van der Waals surface area contributed by atoms with Crippen LogP contribution in [0.4, 0.5) is 0 Å². The molecule has 0 atom stereocenters. The molecule has 138 valence electrons. The number of benzene rings is 3. The van der Waals surface area contributed by atoms with Gasteiger partial charge < -0.3 is 14.8 Å². The number of carbonyl (C=O) groups is 1. The predicted molar refractivity (Wildman–Crippen MR) is 106 cm³/mol. The van der Waals surface area contributed by atoms with Crippen LogP contribution in [-0.4, -0.2) is 26.2 Å². The summed E-state index contributed by atoms with van der Waals surface area (Å²) in [7, 11) is 1.58. The van der Waals surface area contributed by atoms with Crippen LogP contribution in [0.15, 0.2) is 66.7 Å². The number of esters is 1. The Balaban J connectivity index is 1.72. The van der Waals surface area contributed by atoms with Crippen LogP contribution in [0.3, 0.4) is 0 Å². The fraction of sp³-hybridized carbons (Fsp3) is 0.261. The summed E-state index contributed by atoms with van der Waals surface area (Å²) in [5.41, 5.74) is 0.893. The van der Waals surface area contributed by atoms with E-state index in [-0.39, 0.29) is 5.97 Å². The highest BCUT2D eigenvalue weighted by Crippen LogP contribution is 2.37. The molecule has 4 heteroatoms. The molecule has 0 saturated carbocycles. The molecule has 1 heterocycles. The van der Waals surface area contributed by atoms with Gasteiger partial charge in [-0.05, 0) is 41.6 Å². The Morgan fingerprint density at radius 3 is 2.22 bits per heavy atom. The van der Waals surface area contributed by atoms with Crippen molar-refractivity contribution in [2.24, 2.45) is 0 Å². The fourth-order valence-corrected chi connectivity index (χ4v) is 3.80. The Bertz CT molecular complexity index is 946. The first kappa shape index (κ1) is 17.6. The molecule has 27 heavy (non-hydrogen) atoms.